The second kappa shape index (κ2) is 7.66. The van der Waals surface area contributed by atoms with Gasteiger partial charge >= 0.3 is 0 Å². The standard InChI is InChI=1S/C15H29N3S2/c1-11(8-9-19-7)18(6)14-17-12(2)13(20-14)10-16-15(3,4)5/h11,16H,8-10H2,1-7H3. The van der Waals surface area contributed by atoms with Gasteiger partial charge in [0.05, 0.1) is 5.69 Å². The molecule has 1 aromatic heterocycles. The summed E-state index contributed by atoms with van der Waals surface area (Å²) in [6.45, 7) is 11.9. The molecule has 0 saturated heterocycles. The van der Waals surface area contributed by atoms with E-state index < -0.39 is 0 Å². The molecule has 20 heavy (non-hydrogen) atoms. The molecule has 0 spiro atoms. The van der Waals surface area contributed by atoms with Gasteiger partial charge in [-0.1, -0.05) is 0 Å². The molecule has 0 aliphatic rings. The van der Waals surface area contributed by atoms with Crippen LogP contribution in [0.1, 0.15) is 44.7 Å². The second-order valence-corrected chi connectivity index (χ2v) is 8.40. The Morgan fingerprint density at radius 3 is 2.60 bits per heavy atom. The zero-order valence-corrected chi connectivity index (χ0v) is 15.5. The van der Waals surface area contributed by atoms with Crippen LogP contribution in [0.3, 0.4) is 0 Å². The van der Waals surface area contributed by atoms with Gasteiger partial charge in [0, 0.05) is 30.1 Å². The molecular formula is C15H29N3S2. The molecule has 0 aliphatic heterocycles. The molecule has 0 radical (unpaired) electrons. The number of anilines is 1. The Morgan fingerprint density at radius 2 is 2.05 bits per heavy atom. The first-order valence-corrected chi connectivity index (χ1v) is 9.38. The molecule has 0 saturated carbocycles. The first kappa shape index (κ1) is 17.8. The van der Waals surface area contributed by atoms with Gasteiger partial charge in [-0.15, -0.1) is 11.3 Å². The van der Waals surface area contributed by atoms with E-state index in [-0.39, 0.29) is 5.54 Å². The highest BCUT2D eigenvalue weighted by atomic mass is 32.2. The molecule has 1 unspecified atom stereocenters. The lowest BCUT2D eigenvalue weighted by Gasteiger charge is -2.24. The Balaban J connectivity index is 2.68. The predicted octanol–water partition coefficient (Wildman–Crippen LogP) is 3.92. The fourth-order valence-corrected chi connectivity index (χ4v) is 3.38. The number of rotatable bonds is 7. The highest BCUT2D eigenvalue weighted by molar-refractivity contribution is 7.98. The lowest BCUT2D eigenvalue weighted by atomic mass is 10.1. The van der Waals surface area contributed by atoms with Crippen LogP contribution < -0.4 is 10.2 Å². The Kier molecular flexibility index (Phi) is 6.82. The van der Waals surface area contributed by atoms with Crippen molar-refractivity contribution in [2.24, 2.45) is 0 Å². The molecule has 1 rings (SSSR count). The number of thioether (sulfide) groups is 1. The molecule has 1 heterocycles. The number of aryl methyl sites for hydroxylation is 1. The van der Waals surface area contributed by atoms with E-state index >= 15 is 0 Å². The van der Waals surface area contributed by atoms with Crippen molar-refractivity contribution in [1.29, 1.82) is 0 Å². The molecule has 1 atom stereocenters. The number of nitrogens with one attached hydrogen (secondary N) is 1. The van der Waals surface area contributed by atoms with Gasteiger partial charge in [-0.05, 0) is 53.0 Å². The van der Waals surface area contributed by atoms with Crippen LogP contribution in [0.15, 0.2) is 0 Å². The largest absolute Gasteiger partial charge is 0.348 e. The fraction of sp³-hybridized carbons (Fsp3) is 0.800. The molecule has 0 amide bonds. The first-order valence-electron chi connectivity index (χ1n) is 7.17. The molecule has 5 heteroatoms. The second-order valence-electron chi connectivity index (χ2n) is 6.35. The zero-order valence-electron chi connectivity index (χ0n) is 13.9. The van der Waals surface area contributed by atoms with E-state index in [9.17, 15) is 0 Å². The average molecular weight is 316 g/mol. The van der Waals surface area contributed by atoms with Crippen molar-refractivity contribution >= 4 is 28.2 Å². The minimum Gasteiger partial charge on any atom is -0.348 e. The summed E-state index contributed by atoms with van der Waals surface area (Å²) in [6, 6.07) is 0.538. The molecule has 1 aromatic rings. The summed E-state index contributed by atoms with van der Waals surface area (Å²) in [4.78, 5) is 8.40. The van der Waals surface area contributed by atoms with Crippen LogP contribution in [0.25, 0.3) is 0 Å². The number of hydrogen-bond acceptors (Lipinski definition) is 5. The molecular weight excluding hydrogens is 286 g/mol. The molecule has 0 fully saturated rings. The maximum Gasteiger partial charge on any atom is 0.185 e. The van der Waals surface area contributed by atoms with Crippen molar-refractivity contribution in [2.45, 2.75) is 59.2 Å². The van der Waals surface area contributed by atoms with Gasteiger partial charge in [0.1, 0.15) is 0 Å². The van der Waals surface area contributed by atoms with Crippen LogP contribution in [0.4, 0.5) is 5.13 Å². The van der Waals surface area contributed by atoms with Gasteiger partial charge in [-0.25, -0.2) is 4.98 Å². The highest BCUT2D eigenvalue weighted by Crippen LogP contribution is 2.27. The predicted molar refractivity (Wildman–Crippen MR) is 94.3 cm³/mol. The van der Waals surface area contributed by atoms with Crippen molar-refractivity contribution < 1.29 is 0 Å². The van der Waals surface area contributed by atoms with E-state index in [1.807, 2.05) is 23.1 Å². The Labute approximate surface area is 132 Å². The SMILES string of the molecule is CSCCC(C)N(C)c1nc(C)c(CNC(C)(C)C)s1. The third-order valence-corrected chi connectivity index (χ3v) is 5.26. The van der Waals surface area contributed by atoms with Gasteiger partial charge in [0.2, 0.25) is 0 Å². The number of aromatic nitrogens is 1. The third-order valence-electron chi connectivity index (χ3n) is 3.36. The average Bonchev–Trinajstić information content (AvgIpc) is 2.73. The summed E-state index contributed by atoms with van der Waals surface area (Å²) >= 11 is 3.72. The number of hydrogen-bond donors (Lipinski definition) is 1. The molecule has 3 nitrogen and oxygen atoms in total. The molecule has 1 N–H and O–H groups in total. The summed E-state index contributed by atoms with van der Waals surface area (Å²) in [5.41, 5.74) is 1.30. The van der Waals surface area contributed by atoms with Crippen LogP contribution >= 0.6 is 23.1 Å². The lowest BCUT2D eigenvalue weighted by Crippen LogP contribution is -2.34. The molecule has 0 aliphatic carbocycles. The van der Waals surface area contributed by atoms with Crippen molar-refractivity contribution in [3.63, 3.8) is 0 Å². The number of thiazole rings is 1. The zero-order chi connectivity index (χ0) is 15.3. The molecule has 0 bridgehead atoms. The minimum atomic E-state index is 0.147. The lowest BCUT2D eigenvalue weighted by molar-refractivity contribution is 0.425. The maximum atomic E-state index is 4.74. The quantitative estimate of drug-likeness (QED) is 0.825. The van der Waals surface area contributed by atoms with E-state index in [0.717, 1.165) is 17.4 Å². The van der Waals surface area contributed by atoms with Crippen molar-refractivity contribution in [2.75, 3.05) is 24.0 Å². The van der Waals surface area contributed by atoms with E-state index in [0.29, 0.717) is 6.04 Å². The highest BCUT2D eigenvalue weighted by Gasteiger charge is 2.17. The van der Waals surface area contributed by atoms with E-state index in [2.05, 4.69) is 58.1 Å². The van der Waals surface area contributed by atoms with E-state index in [1.54, 1.807) is 0 Å². The maximum absolute atomic E-state index is 4.74. The van der Waals surface area contributed by atoms with Gasteiger partial charge in [-0.3, -0.25) is 0 Å². The van der Waals surface area contributed by atoms with Gasteiger partial charge in [0.15, 0.2) is 5.13 Å². The summed E-state index contributed by atoms with van der Waals surface area (Å²) in [5.74, 6) is 1.20. The smallest absolute Gasteiger partial charge is 0.185 e. The van der Waals surface area contributed by atoms with Crippen LogP contribution in [0.2, 0.25) is 0 Å². The summed E-state index contributed by atoms with van der Waals surface area (Å²) < 4.78 is 0. The van der Waals surface area contributed by atoms with Crippen LogP contribution in [-0.4, -0.2) is 35.6 Å². The van der Waals surface area contributed by atoms with Gasteiger partial charge in [-0.2, -0.15) is 11.8 Å². The van der Waals surface area contributed by atoms with Gasteiger partial charge in [0.25, 0.3) is 0 Å². The minimum absolute atomic E-state index is 0.147. The summed E-state index contributed by atoms with van der Waals surface area (Å²) in [6.07, 6.45) is 3.36. The monoisotopic (exact) mass is 315 g/mol. The van der Waals surface area contributed by atoms with Crippen LogP contribution in [0.5, 0.6) is 0 Å². The van der Waals surface area contributed by atoms with Crippen molar-refractivity contribution in [3.8, 4) is 0 Å². The van der Waals surface area contributed by atoms with Crippen LogP contribution in [-0.2, 0) is 6.54 Å². The fourth-order valence-electron chi connectivity index (χ4n) is 1.74. The summed E-state index contributed by atoms with van der Waals surface area (Å²) in [5, 5.41) is 4.68. The molecule has 0 aromatic carbocycles. The van der Waals surface area contributed by atoms with Crippen molar-refractivity contribution in [1.82, 2.24) is 10.3 Å². The Hall–Kier alpha value is -0.260. The van der Waals surface area contributed by atoms with E-state index in [4.69, 9.17) is 4.98 Å². The van der Waals surface area contributed by atoms with Crippen molar-refractivity contribution in [3.05, 3.63) is 10.6 Å². The summed E-state index contributed by atoms with van der Waals surface area (Å²) in [7, 11) is 2.16. The molecule has 116 valence electrons. The van der Waals surface area contributed by atoms with Gasteiger partial charge < -0.3 is 10.2 Å². The normalized spacial score (nSPS) is 13.6. The third kappa shape index (κ3) is 5.62. The first-order chi connectivity index (χ1) is 9.24. The Bertz CT molecular complexity index is 410. The van der Waals surface area contributed by atoms with E-state index in [1.165, 1.54) is 17.1 Å². The Morgan fingerprint density at radius 1 is 1.40 bits per heavy atom. The number of nitrogens with zero attached hydrogens (tertiary/aromatic N) is 2. The van der Waals surface area contributed by atoms with Crippen LogP contribution in [0, 0.1) is 6.92 Å². The topological polar surface area (TPSA) is 28.2 Å².